The van der Waals surface area contributed by atoms with Crippen molar-refractivity contribution in [3.63, 3.8) is 0 Å². The van der Waals surface area contributed by atoms with Gasteiger partial charge in [-0.25, -0.2) is 8.51 Å². The van der Waals surface area contributed by atoms with E-state index in [0.29, 0.717) is 5.92 Å². The minimum Gasteiger partial charge on any atom is -0.237 e. The molecular weight excluding hydrogens is 266 g/mol. The molecule has 2 unspecified atom stereocenters. The van der Waals surface area contributed by atoms with Crippen LogP contribution < -0.4 is 0 Å². The first kappa shape index (κ1) is 15.7. The Morgan fingerprint density at radius 2 is 2.00 bits per heavy atom. The number of hydrogen-bond acceptors (Lipinski definition) is 1. The summed E-state index contributed by atoms with van der Waals surface area (Å²) in [6, 6.07) is 6.34. The highest BCUT2D eigenvalue weighted by Gasteiger charge is 2.27. The van der Waals surface area contributed by atoms with Crippen molar-refractivity contribution in [1.29, 1.82) is 0 Å². The number of hydrogen-bond donors (Lipinski definition) is 0. The number of rotatable bonds is 2. The van der Waals surface area contributed by atoms with Gasteiger partial charge in [0, 0.05) is 13.1 Å². The molecule has 1 fully saturated rings. The fourth-order valence-corrected chi connectivity index (χ4v) is 4.52. The molecular formula is C17H27NOS. The lowest BCUT2D eigenvalue weighted by molar-refractivity contribution is 0.292. The van der Waals surface area contributed by atoms with Crippen molar-refractivity contribution in [2.75, 3.05) is 13.1 Å². The summed E-state index contributed by atoms with van der Waals surface area (Å²) < 4.78 is 15.1. The van der Waals surface area contributed by atoms with Gasteiger partial charge >= 0.3 is 0 Å². The summed E-state index contributed by atoms with van der Waals surface area (Å²) in [6.07, 6.45) is 2.41. The van der Waals surface area contributed by atoms with Crippen LogP contribution in [0.1, 0.15) is 51.7 Å². The van der Waals surface area contributed by atoms with E-state index in [1.54, 1.807) is 0 Å². The second kappa shape index (κ2) is 5.98. The maximum absolute atomic E-state index is 13.0. The lowest BCUT2D eigenvalue weighted by Crippen LogP contribution is -2.36. The van der Waals surface area contributed by atoms with Crippen LogP contribution in [0.25, 0.3) is 0 Å². The van der Waals surface area contributed by atoms with E-state index in [0.717, 1.165) is 24.4 Å². The maximum atomic E-state index is 13.0. The molecule has 2 atom stereocenters. The summed E-state index contributed by atoms with van der Waals surface area (Å²) in [7, 11) is -1.02. The molecule has 0 N–H and O–H groups in total. The van der Waals surface area contributed by atoms with Gasteiger partial charge in [0.1, 0.15) is 11.0 Å². The average Bonchev–Trinajstić information content (AvgIpc) is 2.37. The standard InChI is InChI=1S/C17H27NOS/c1-13-8-9-16(15(11-13)17(3,4)5)20(19)18-10-6-7-14(2)12-18/h8-9,11,14H,6-7,10,12H2,1-5H3. The highest BCUT2D eigenvalue weighted by atomic mass is 32.2. The molecule has 0 amide bonds. The van der Waals surface area contributed by atoms with Gasteiger partial charge < -0.3 is 0 Å². The van der Waals surface area contributed by atoms with E-state index in [2.05, 4.69) is 57.1 Å². The first-order valence-electron chi connectivity index (χ1n) is 7.57. The van der Waals surface area contributed by atoms with Crippen LogP contribution in [0.15, 0.2) is 23.1 Å². The molecule has 0 aliphatic carbocycles. The zero-order valence-electron chi connectivity index (χ0n) is 13.4. The van der Waals surface area contributed by atoms with E-state index in [4.69, 9.17) is 0 Å². The molecule has 0 radical (unpaired) electrons. The SMILES string of the molecule is Cc1ccc(S(=O)N2CCCC(C)C2)c(C(C)(C)C)c1. The lowest BCUT2D eigenvalue weighted by Gasteiger charge is -2.31. The second-order valence-corrected chi connectivity index (χ2v) is 8.59. The van der Waals surface area contributed by atoms with E-state index < -0.39 is 11.0 Å². The Kier molecular flexibility index (Phi) is 4.70. The quantitative estimate of drug-likeness (QED) is 0.805. The Morgan fingerprint density at radius 3 is 2.60 bits per heavy atom. The highest BCUT2D eigenvalue weighted by molar-refractivity contribution is 7.82. The Hall–Kier alpha value is -0.670. The molecule has 1 aromatic carbocycles. The molecule has 2 rings (SSSR count). The fourth-order valence-electron chi connectivity index (χ4n) is 2.82. The number of nitrogens with zero attached hydrogens (tertiary/aromatic N) is 1. The molecule has 1 aliphatic heterocycles. The van der Waals surface area contributed by atoms with E-state index >= 15 is 0 Å². The van der Waals surface area contributed by atoms with Gasteiger partial charge in [0.2, 0.25) is 0 Å². The Balaban J connectivity index is 2.34. The molecule has 2 nitrogen and oxygen atoms in total. The third kappa shape index (κ3) is 3.50. The number of aryl methyl sites for hydroxylation is 1. The zero-order valence-corrected chi connectivity index (χ0v) is 14.2. The smallest absolute Gasteiger partial charge is 0.127 e. The second-order valence-electron chi connectivity index (χ2n) is 7.13. The van der Waals surface area contributed by atoms with E-state index in [1.807, 2.05) is 0 Å². The predicted octanol–water partition coefficient (Wildman–Crippen LogP) is 4.05. The van der Waals surface area contributed by atoms with Crippen molar-refractivity contribution < 1.29 is 4.21 Å². The third-order valence-electron chi connectivity index (χ3n) is 3.99. The first-order valence-corrected chi connectivity index (χ1v) is 8.67. The van der Waals surface area contributed by atoms with Crippen LogP contribution in [0, 0.1) is 12.8 Å². The van der Waals surface area contributed by atoms with Crippen molar-refractivity contribution >= 4 is 11.0 Å². The number of piperidine rings is 1. The molecule has 1 aliphatic rings. The normalized spacial score (nSPS) is 22.8. The lowest BCUT2D eigenvalue weighted by atomic mass is 9.86. The zero-order chi connectivity index (χ0) is 14.9. The van der Waals surface area contributed by atoms with Gasteiger partial charge in [-0.3, -0.25) is 0 Å². The highest BCUT2D eigenvalue weighted by Crippen LogP contribution is 2.31. The summed E-state index contributed by atoms with van der Waals surface area (Å²) in [5, 5.41) is 0. The molecule has 20 heavy (non-hydrogen) atoms. The Morgan fingerprint density at radius 1 is 1.30 bits per heavy atom. The summed E-state index contributed by atoms with van der Waals surface area (Å²) in [5.74, 6) is 0.649. The third-order valence-corrected chi connectivity index (χ3v) is 5.52. The van der Waals surface area contributed by atoms with E-state index in [1.165, 1.54) is 17.5 Å². The van der Waals surface area contributed by atoms with Gasteiger partial charge in [0.05, 0.1) is 4.90 Å². The summed E-state index contributed by atoms with van der Waals surface area (Å²) in [6.45, 7) is 12.8. The van der Waals surface area contributed by atoms with Gasteiger partial charge in [0.15, 0.2) is 0 Å². The van der Waals surface area contributed by atoms with Crippen LogP contribution in [0.4, 0.5) is 0 Å². The first-order chi connectivity index (χ1) is 9.29. The largest absolute Gasteiger partial charge is 0.237 e. The summed E-state index contributed by atoms with van der Waals surface area (Å²) in [5.41, 5.74) is 2.48. The van der Waals surface area contributed by atoms with Crippen LogP contribution in [-0.2, 0) is 16.4 Å². The van der Waals surface area contributed by atoms with Gasteiger partial charge in [-0.1, -0.05) is 45.4 Å². The van der Waals surface area contributed by atoms with Crippen LogP contribution in [0.3, 0.4) is 0 Å². The summed E-state index contributed by atoms with van der Waals surface area (Å²) >= 11 is 0. The molecule has 3 heteroatoms. The molecule has 0 aromatic heterocycles. The Labute approximate surface area is 126 Å². The van der Waals surface area contributed by atoms with Crippen molar-refractivity contribution in [1.82, 2.24) is 4.31 Å². The number of benzene rings is 1. The maximum Gasteiger partial charge on any atom is 0.127 e. The van der Waals surface area contributed by atoms with E-state index in [-0.39, 0.29) is 5.41 Å². The fraction of sp³-hybridized carbons (Fsp3) is 0.647. The van der Waals surface area contributed by atoms with Crippen molar-refractivity contribution in [2.24, 2.45) is 5.92 Å². The van der Waals surface area contributed by atoms with Gasteiger partial charge in [-0.2, -0.15) is 0 Å². The van der Waals surface area contributed by atoms with Crippen LogP contribution in [-0.4, -0.2) is 21.6 Å². The van der Waals surface area contributed by atoms with Crippen molar-refractivity contribution in [2.45, 2.75) is 57.8 Å². The molecule has 1 heterocycles. The average molecular weight is 293 g/mol. The molecule has 1 aromatic rings. The van der Waals surface area contributed by atoms with E-state index in [9.17, 15) is 4.21 Å². The van der Waals surface area contributed by atoms with Crippen molar-refractivity contribution in [3.8, 4) is 0 Å². The minimum absolute atomic E-state index is 0.0262. The molecule has 0 bridgehead atoms. The topological polar surface area (TPSA) is 20.3 Å². The van der Waals surface area contributed by atoms with Gasteiger partial charge in [0.25, 0.3) is 0 Å². The van der Waals surface area contributed by atoms with Gasteiger partial charge in [-0.05, 0) is 42.7 Å². The minimum atomic E-state index is -1.02. The van der Waals surface area contributed by atoms with Crippen LogP contribution >= 0.6 is 0 Å². The monoisotopic (exact) mass is 293 g/mol. The van der Waals surface area contributed by atoms with Gasteiger partial charge in [-0.15, -0.1) is 0 Å². The molecule has 0 saturated carbocycles. The predicted molar refractivity (Wildman–Crippen MR) is 86.3 cm³/mol. The molecule has 0 spiro atoms. The Bertz CT molecular complexity index is 504. The summed E-state index contributed by atoms with van der Waals surface area (Å²) in [4.78, 5) is 0.997. The van der Waals surface area contributed by atoms with Crippen LogP contribution in [0.2, 0.25) is 0 Å². The molecule has 112 valence electrons. The van der Waals surface area contributed by atoms with Crippen molar-refractivity contribution in [3.05, 3.63) is 29.3 Å². The molecule has 1 saturated heterocycles. The van der Waals surface area contributed by atoms with Crippen LogP contribution in [0.5, 0.6) is 0 Å².